The molecule has 0 aromatic carbocycles. The largest absolute Gasteiger partial charge is 0.394 e. The van der Waals surface area contributed by atoms with Crippen LogP contribution in [0.5, 0.6) is 0 Å². The zero-order valence-electron chi connectivity index (χ0n) is 7.66. The molecule has 0 aliphatic carbocycles. The standard InChI is InChI=1S/C8H17NO2/c1-6(2)8(5-10)9(4)7(3)11/h6,8,10H,5H2,1-4H3. The van der Waals surface area contributed by atoms with E-state index >= 15 is 0 Å². The number of nitrogens with zero attached hydrogens (tertiary/aromatic N) is 1. The van der Waals surface area contributed by atoms with E-state index < -0.39 is 0 Å². The molecule has 0 bridgehead atoms. The van der Waals surface area contributed by atoms with Gasteiger partial charge in [-0.05, 0) is 5.92 Å². The maximum absolute atomic E-state index is 10.9. The molecule has 3 nitrogen and oxygen atoms in total. The van der Waals surface area contributed by atoms with E-state index in [0.29, 0.717) is 5.92 Å². The fourth-order valence-electron chi connectivity index (χ4n) is 1.01. The van der Waals surface area contributed by atoms with Gasteiger partial charge < -0.3 is 10.0 Å². The molecule has 0 aliphatic rings. The Morgan fingerprint density at radius 3 is 2.09 bits per heavy atom. The highest BCUT2D eigenvalue weighted by Crippen LogP contribution is 2.07. The van der Waals surface area contributed by atoms with Crippen molar-refractivity contribution in [3.05, 3.63) is 0 Å². The number of likely N-dealkylation sites (N-methyl/N-ethyl adjacent to an activating group) is 1. The van der Waals surface area contributed by atoms with Crippen LogP contribution in [-0.2, 0) is 4.79 Å². The van der Waals surface area contributed by atoms with E-state index in [0.717, 1.165) is 0 Å². The quantitative estimate of drug-likeness (QED) is 0.650. The van der Waals surface area contributed by atoms with Crippen molar-refractivity contribution in [1.82, 2.24) is 4.90 Å². The summed E-state index contributed by atoms with van der Waals surface area (Å²) in [5, 5.41) is 8.92. The topological polar surface area (TPSA) is 40.5 Å². The van der Waals surface area contributed by atoms with Gasteiger partial charge in [0.2, 0.25) is 5.91 Å². The summed E-state index contributed by atoms with van der Waals surface area (Å²) in [4.78, 5) is 12.4. The van der Waals surface area contributed by atoms with Gasteiger partial charge in [-0.3, -0.25) is 4.79 Å². The summed E-state index contributed by atoms with van der Waals surface area (Å²) < 4.78 is 0. The number of hydrogen-bond acceptors (Lipinski definition) is 2. The molecule has 1 amide bonds. The van der Waals surface area contributed by atoms with E-state index in [1.165, 1.54) is 6.92 Å². The minimum atomic E-state index is -0.0486. The normalized spacial score (nSPS) is 13.3. The highest BCUT2D eigenvalue weighted by Gasteiger charge is 2.18. The molecule has 0 radical (unpaired) electrons. The summed E-state index contributed by atoms with van der Waals surface area (Å²) in [7, 11) is 1.71. The summed E-state index contributed by atoms with van der Waals surface area (Å²) in [6.45, 7) is 5.51. The van der Waals surface area contributed by atoms with Crippen molar-refractivity contribution in [2.75, 3.05) is 13.7 Å². The summed E-state index contributed by atoms with van der Waals surface area (Å²) in [6.07, 6.45) is 0. The third kappa shape index (κ3) is 2.89. The molecule has 66 valence electrons. The van der Waals surface area contributed by atoms with Gasteiger partial charge in [0.05, 0.1) is 12.6 Å². The van der Waals surface area contributed by atoms with Gasteiger partial charge in [-0.25, -0.2) is 0 Å². The average molecular weight is 159 g/mol. The van der Waals surface area contributed by atoms with Crippen molar-refractivity contribution in [2.45, 2.75) is 26.8 Å². The van der Waals surface area contributed by atoms with Crippen LogP contribution in [0.25, 0.3) is 0 Å². The van der Waals surface area contributed by atoms with Gasteiger partial charge in [-0.1, -0.05) is 13.8 Å². The van der Waals surface area contributed by atoms with Gasteiger partial charge in [0.15, 0.2) is 0 Å². The molecule has 3 heteroatoms. The fraction of sp³-hybridized carbons (Fsp3) is 0.875. The first-order valence-corrected chi connectivity index (χ1v) is 3.85. The molecule has 0 rings (SSSR count). The summed E-state index contributed by atoms with van der Waals surface area (Å²) in [5.74, 6) is 0.298. The van der Waals surface area contributed by atoms with Gasteiger partial charge in [0, 0.05) is 14.0 Å². The van der Waals surface area contributed by atoms with E-state index in [-0.39, 0.29) is 18.6 Å². The second-order valence-corrected chi connectivity index (χ2v) is 3.12. The molecule has 1 atom stereocenters. The van der Waals surface area contributed by atoms with E-state index in [2.05, 4.69) is 0 Å². The van der Waals surface area contributed by atoms with Crippen LogP contribution in [0.1, 0.15) is 20.8 Å². The molecule has 0 aliphatic heterocycles. The maximum Gasteiger partial charge on any atom is 0.219 e. The Kier molecular flexibility index (Phi) is 4.11. The number of carbonyl (C=O) groups excluding carboxylic acids is 1. The second-order valence-electron chi connectivity index (χ2n) is 3.12. The SMILES string of the molecule is CC(=O)N(C)C(CO)C(C)C. The molecule has 0 aromatic heterocycles. The lowest BCUT2D eigenvalue weighted by atomic mass is 10.0. The van der Waals surface area contributed by atoms with Crippen LogP contribution in [-0.4, -0.2) is 35.6 Å². The lowest BCUT2D eigenvalue weighted by Gasteiger charge is -2.28. The van der Waals surface area contributed by atoms with E-state index in [9.17, 15) is 4.79 Å². The Hall–Kier alpha value is -0.570. The highest BCUT2D eigenvalue weighted by atomic mass is 16.3. The van der Waals surface area contributed by atoms with Crippen LogP contribution in [0.3, 0.4) is 0 Å². The molecule has 1 N–H and O–H groups in total. The number of hydrogen-bond donors (Lipinski definition) is 1. The zero-order chi connectivity index (χ0) is 9.02. The predicted molar refractivity (Wildman–Crippen MR) is 44.2 cm³/mol. The predicted octanol–water partition coefficient (Wildman–Crippen LogP) is 0.482. The number of aliphatic hydroxyl groups excluding tert-OH is 1. The molecule has 0 saturated heterocycles. The molecule has 0 saturated carbocycles. The molecule has 11 heavy (non-hydrogen) atoms. The van der Waals surface area contributed by atoms with Crippen LogP contribution in [0.4, 0.5) is 0 Å². The molecular formula is C8H17NO2. The summed E-state index contributed by atoms with van der Waals surface area (Å²) >= 11 is 0. The maximum atomic E-state index is 10.9. The third-order valence-electron chi connectivity index (χ3n) is 1.95. The van der Waals surface area contributed by atoms with Gasteiger partial charge in [-0.2, -0.15) is 0 Å². The number of amides is 1. The van der Waals surface area contributed by atoms with Crippen molar-refractivity contribution in [3.8, 4) is 0 Å². The molecule has 0 spiro atoms. The van der Waals surface area contributed by atoms with Crippen LogP contribution in [0.15, 0.2) is 0 Å². The van der Waals surface area contributed by atoms with E-state index in [1.807, 2.05) is 13.8 Å². The van der Waals surface area contributed by atoms with Crippen molar-refractivity contribution in [3.63, 3.8) is 0 Å². The Balaban J connectivity index is 4.13. The van der Waals surface area contributed by atoms with Crippen LogP contribution >= 0.6 is 0 Å². The third-order valence-corrected chi connectivity index (χ3v) is 1.95. The highest BCUT2D eigenvalue weighted by molar-refractivity contribution is 5.73. The fourth-order valence-corrected chi connectivity index (χ4v) is 1.01. The monoisotopic (exact) mass is 159 g/mol. The first kappa shape index (κ1) is 10.4. The van der Waals surface area contributed by atoms with Gasteiger partial charge in [0.25, 0.3) is 0 Å². The molecule has 0 heterocycles. The van der Waals surface area contributed by atoms with Crippen molar-refractivity contribution in [1.29, 1.82) is 0 Å². The first-order valence-electron chi connectivity index (χ1n) is 3.85. The summed E-state index contributed by atoms with van der Waals surface area (Å²) in [5.41, 5.74) is 0. The lowest BCUT2D eigenvalue weighted by molar-refractivity contribution is -0.131. The molecule has 0 aromatic rings. The minimum Gasteiger partial charge on any atom is -0.394 e. The second kappa shape index (κ2) is 4.34. The Morgan fingerprint density at radius 1 is 1.55 bits per heavy atom. The van der Waals surface area contributed by atoms with Crippen LogP contribution in [0, 0.1) is 5.92 Å². The smallest absolute Gasteiger partial charge is 0.219 e. The average Bonchev–Trinajstić information content (AvgIpc) is 1.88. The van der Waals surface area contributed by atoms with Gasteiger partial charge in [-0.15, -0.1) is 0 Å². The number of aliphatic hydroxyl groups is 1. The van der Waals surface area contributed by atoms with Crippen LogP contribution < -0.4 is 0 Å². The Labute approximate surface area is 68.0 Å². The molecule has 0 fully saturated rings. The minimum absolute atomic E-state index is 0.00208. The molecular weight excluding hydrogens is 142 g/mol. The number of rotatable bonds is 3. The van der Waals surface area contributed by atoms with E-state index in [1.54, 1.807) is 11.9 Å². The van der Waals surface area contributed by atoms with Gasteiger partial charge in [0.1, 0.15) is 0 Å². The first-order chi connectivity index (χ1) is 5.00. The Bertz CT molecular complexity index is 134. The van der Waals surface area contributed by atoms with E-state index in [4.69, 9.17) is 5.11 Å². The van der Waals surface area contributed by atoms with Gasteiger partial charge >= 0.3 is 0 Å². The van der Waals surface area contributed by atoms with Crippen LogP contribution in [0.2, 0.25) is 0 Å². The van der Waals surface area contributed by atoms with Crippen molar-refractivity contribution >= 4 is 5.91 Å². The lowest BCUT2D eigenvalue weighted by Crippen LogP contribution is -2.41. The Morgan fingerprint density at radius 2 is 2.00 bits per heavy atom. The number of carbonyl (C=O) groups is 1. The zero-order valence-corrected chi connectivity index (χ0v) is 7.66. The van der Waals surface area contributed by atoms with Crippen molar-refractivity contribution < 1.29 is 9.90 Å². The molecule has 1 unspecified atom stereocenters. The summed E-state index contributed by atoms with van der Waals surface area (Å²) in [6, 6.07) is -0.0486. The van der Waals surface area contributed by atoms with Crippen molar-refractivity contribution in [2.24, 2.45) is 5.92 Å².